The van der Waals surface area contributed by atoms with Crippen molar-refractivity contribution >= 4 is 40.7 Å². The van der Waals surface area contributed by atoms with Gasteiger partial charge in [-0.2, -0.15) is 0 Å². The van der Waals surface area contributed by atoms with Crippen LogP contribution in [0.25, 0.3) is 0 Å². The molecule has 1 saturated heterocycles. The summed E-state index contributed by atoms with van der Waals surface area (Å²) in [6, 6.07) is 5.34. The van der Waals surface area contributed by atoms with Gasteiger partial charge in [0.15, 0.2) is 0 Å². The van der Waals surface area contributed by atoms with Crippen molar-refractivity contribution in [3.05, 3.63) is 34.1 Å². The highest BCUT2D eigenvalue weighted by molar-refractivity contribution is 9.10. The average Bonchev–Trinajstić information content (AvgIpc) is 2.33. The Morgan fingerprint density at radius 2 is 1.76 bits per heavy atom. The summed E-state index contributed by atoms with van der Waals surface area (Å²) in [6.45, 7) is 10.4. The third-order valence-corrected chi connectivity index (χ3v) is 4.08. The molecular formula is C15H24BrCl2FN2. The Morgan fingerprint density at radius 1 is 1.19 bits per heavy atom. The molecule has 122 valence electrons. The van der Waals surface area contributed by atoms with E-state index in [4.69, 9.17) is 0 Å². The normalized spacial score (nSPS) is 17.6. The van der Waals surface area contributed by atoms with E-state index < -0.39 is 0 Å². The van der Waals surface area contributed by atoms with Crippen molar-refractivity contribution in [2.75, 3.05) is 26.2 Å². The molecule has 1 atom stereocenters. The van der Waals surface area contributed by atoms with Crippen LogP contribution in [-0.4, -0.2) is 31.1 Å². The van der Waals surface area contributed by atoms with E-state index in [0.29, 0.717) is 0 Å². The van der Waals surface area contributed by atoms with E-state index in [9.17, 15) is 4.39 Å². The predicted molar refractivity (Wildman–Crippen MR) is 95.2 cm³/mol. The number of benzene rings is 1. The SMILES string of the molecule is CC(C)(C)[C@@H](c1cc(Br)ccc1F)N1CCNCC1.Cl.Cl. The van der Waals surface area contributed by atoms with Gasteiger partial charge in [0.25, 0.3) is 0 Å². The van der Waals surface area contributed by atoms with Crippen molar-refractivity contribution in [3.8, 4) is 0 Å². The molecule has 6 heteroatoms. The number of nitrogens with one attached hydrogen (secondary N) is 1. The third kappa shape index (κ3) is 5.36. The molecule has 2 rings (SSSR count). The topological polar surface area (TPSA) is 15.3 Å². The second kappa shape index (κ2) is 8.68. The van der Waals surface area contributed by atoms with Crippen molar-refractivity contribution in [1.82, 2.24) is 10.2 Å². The fraction of sp³-hybridized carbons (Fsp3) is 0.600. The van der Waals surface area contributed by atoms with E-state index in [1.54, 1.807) is 12.1 Å². The van der Waals surface area contributed by atoms with Crippen LogP contribution in [0.2, 0.25) is 0 Å². The Hall–Kier alpha value is 0.130. The van der Waals surface area contributed by atoms with Gasteiger partial charge in [-0.05, 0) is 23.6 Å². The lowest BCUT2D eigenvalue weighted by atomic mass is 9.80. The van der Waals surface area contributed by atoms with Crippen molar-refractivity contribution in [2.45, 2.75) is 26.8 Å². The molecule has 0 saturated carbocycles. The number of nitrogens with zero attached hydrogens (tertiary/aromatic N) is 1. The van der Waals surface area contributed by atoms with Gasteiger partial charge in [-0.1, -0.05) is 36.7 Å². The maximum Gasteiger partial charge on any atom is 0.128 e. The highest BCUT2D eigenvalue weighted by Gasteiger charge is 2.34. The first-order valence-corrected chi connectivity index (χ1v) is 7.58. The van der Waals surface area contributed by atoms with Crippen molar-refractivity contribution in [1.29, 1.82) is 0 Å². The number of halogens is 4. The maximum atomic E-state index is 14.2. The van der Waals surface area contributed by atoms with Crippen molar-refractivity contribution in [3.63, 3.8) is 0 Å². The Morgan fingerprint density at radius 3 is 2.29 bits per heavy atom. The lowest BCUT2D eigenvalue weighted by molar-refractivity contribution is 0.0834. The maximum absolute atomic E-state index is 14.2. The zero-order valence-electron chi connectivity index (χ0n) is 12.7. The molecule has 0 bridgehead atoms. The monoisotopic (exact) mass is 400 g/mol. The molecule has 1 N–H and O–H groups in total. The standard InChI is InChI=1S/C15H22BrFN2.2ClH/c1-15(2,3)14(19-8-6-18-7-9-19)12-10-11(16)4-5-13(12)17;;/h4-5,10,14,18H,6-9H2,1-3H3;2*1H/t14-;;/m1../s1. The number of piperazine rings is 1. The summed E-state index contributed by atoms with van der Waals surface area (Å²) >= 11 is 3.46. The summed E-state index contributed by atoms with van der Waals surface area (Å²) < 4.78 is 15.2. The molecule has 2 nitrogen and oxygen atoms in total. The first-order chi connectivity index (χ1) is 8.89. The molecular weight excluding hydrogens is 378 g/mol. The molecule has 21 heavy (non-hydrogen) atoms. The van der Waals surface area contributed by atoms with Gasteiger partial charge in [0.1, 0.15) is 5.82 Å². The van der Waals surface area contributed by atoms with Crippen LogP contribution >= 0.6 is 40.7 Å². The molecule has 0 amide bonds. The Labute approximate surface area is 147 Å². The zero-order valence-corrected chi connectivity index (χ0v) is 15.9. The number of rotatable bonds is 2. The zero-order chi connectivity index (χ0) is 14.0. The molecule has 0 radical (unpaired) electrons. The third-order valence-electron chi connectivity index (χ3n) is 3.59. The lowest BCUT2D eigenvalue weighted by Crippen LogP contribution is -2.48. The van der Waals surface area contributed by atoms with Gasteiger partial charge in [0.2, 0.25) is 0 Å². The molecule has 0 aromatic heterocycles. The molecule has 1 aromatic carbocycles. The smallest absolute Gasteiger partial charge is 0.128 e. The molecule has 0 unspecified atom stereocenters. The van der Waals surface area contributed by atoms with E-state index in [-0.39, 0.29) is 42.1 Å². The Kier molecular flexibility index (Phi) is 8.74. The van der Waals surface area contributed by atoms with Crippen molar-refractivity contribution < 1.29 is 4.39 Å². The van der Waals surface area contributed by atoms with E-state index in [1.165, 1.54) is 0 Å². The summed E-state index contributed by atoms with van der Waals surface area (Å²) in [4.78, 5) is 2.39. The summed E-state index contributed by atoms with van der Waals surface area (Å²) in [5.41, 5.74) is 0.794. The molecule has 1 aromatic rings. The highest BCUT2D eigenvalue weighted by atomic mass is 79.9. The van der Waals surface area contributed by atoms with Gasteiger partial charge in [0.05, 0.1) is 0 Å². The summed E-state index contributed by atoms with van der Waals surface area (Å²) in [5, 5.41) is 3.35. The first kappa shape index (κ1) is 21.1. The summed E-state index contributed by atoms with van der Waals surface area (Å²) in [5.74, 6) is -0.110. The van der Waals surface area contributed by atoms with Gasteiger partial charge >= 0.3 is 0 Å². The Balaban J connectivity index is 0.00000200. The quantitative estimate of drug-likeness (QED) is 0.788. The van der Waals surface area contributed by atoms with Crippen LogP contribution in [0.4, 0.5) is 4.39 Å². The van der Waals surface area contributed by atoms with E-state index in [1.807, 2.05) is 6.07 Å². The van der Waals surface area contributed by atoms with Gasteiger partial charge in [-0.25, -0.2) is 4.39 Å². The lowest BCUT2D eigenvalue weighted by Gasteiger charge is -2.42. The molecule has 1 aliphatic heterocycles. The molecule has 1 fully saturated rings. The fourth-order valence-electron chi connectivity index (χ4n) is 2.88. The van der Waals surface area contributed by atoms with Crippen LogP contribution in [-0.2, 0) is 0 Å². The van der Waals surface area contributed by atoms with Gasteiger partial charge < -0.3 is 5.32 Å². The van der Waals surface area contributed by atoms with Crippen LogP contribution in [0.3, 0.4) is 0 Å². The van der Waals surface area contributed by atoms with Gasteiger partial charge in [-0.15, -0.1) is 24.8 Å². The van der Waals surface area contributed by atoms with Crippen LogP contribution in [0.1, 0.15) is 32.4 Å². The molecule has 0 spiro atoms. The van der Waals surface area contributed by atoms with Crippen LogP contribution in [0.5, 0.6) is 0 Å². The highest BCUT2D eigenvalue weighted by Crippen LogP contribution is 2.39. The van der Waals surface area contributed by atoms with Crippen LogP contribution in [0, 0.1) is 11.2 Å². The fourth-order valence-corrected chi connectivity index (χ4v) is 3.25. The minimum Gasteiger partial charge on any atom is -0.314 e. The number of hydrogen-bond acceptors (Lipinski definition) is 2. The Bertz CT molecular complexity index is 446. The van der Waals surface area contributed by atoms with Crippen LogP contribution < -0.4 is 5.32 Å². The van der Waals surface area contributed by atoms with E-state index in [0.717, 1.165) is 36.2 Å². The average molecular weight is 402 g/mol. The predicted octanol–water partition coefficient (Wildman–Crippen LogP) is 4.42. The van der Waals surface area contributed by atoms with E-state index >= 15 is 0 Å². The van der Waals surface area contributed by atoms with Crippen molar-refractivity contribution in [2.24, 2.45) is 5.41 Å². The second-order valence-electron chi connectivity index (χ2n) is 6.22. The molecule has 1 aliphatic rings. The largest absolute Gasteiger partial charge is 0.314 e. The number of hydrogen-bond donors (Lipinski definition) is 1. The van der Waals surface area contributed by atoms with Gasteiger partial charge in [-0.3, -0.25) is 4.90 Å². The summed E-state index contributed by atoms with van der Waals surface area (Å²) in [7, 11) is 0. The minimum absolute atomic E-state index is 0. The minimum atomic E-state index is -0.110. The van der Waals surface area contributed by atoms with Gasteiger partial charge in [0, 0.05) is 42.3 Å². The first-order valence-electron chi connectivity index (χ1n) is 6.79. The molecule has 0 aliphatic carbocycles. The van der Waals surface area contributed by atoms with Crippen LogP contribution in [0.15, 0.2) is 22.7 Å². The molecule has 1 heterocycles. The summed E-state index contributed by atoms with van der Waals surface area (Å²) in [6.07, 6.45) is 0. The second-order valence-corrected chi connectivity index (χ2v) is 7.14. The van der Waals surface area contributed by atoms with E-state index in [2.05, 4.69) is 46.9 Å².